The van der Waals surface area contributed by atoms with Gasteiger partial charge in [0.25, 0.3) is 0 Å². The summed E-state index contributed by atoms with van der Waals surface area (Å²) in [5.41, 5.74) is 0.739. The minimum atomic E-state index is -0.495. The Morgan fingerprint density at radius 1 is 1.39 bits per heavy atom. The number of methoxy groups -OCH3 is 1. The summed E-state index contributed by atoms with van der Waals surface area (Å²) in [5, 5.41) is 12.7. The van der Waals surface area contributed by atoms with E-state index in [0.717, 1.165) is 12.0 Å². The molecule has 0 aliphatic carbocycles. The lowest BCUT2D eigenvalue weighted by Gasteiger charge is -2.16. The topological polar surface area (TPSA) is 41.5 Å². The molecule has 4 heteroatoms. The van der Waals surface area contributed by atoms with Crippen molar-refractivity contribution >= 4 is 0 Å². The van der Waals surface area contributed by atoms with Gasteiger partial charge in [-0.05, 0) is 31.4 Å². The number of hydrogen-bond acceptors (Lipinski definition) is 3. The van der Waals surface area contributed by atoms with Crippen LogP contribution in [0.25, 0.3) is 0 Å². The van der Waals surface area contributed by atoms with Crippen LogP contribution in [-0.2, 0) is 11.2 Å². The van der Waals surface area contributed by atoms with Crippen molar-refractivity contribution in [1.29, 1.82) is 0 Å². The van der Waals surface area contributed by atoms with Crippen LogP contribution in [0.5, 0.6) is 0 Å². The van der Waals surface area contributed by atoms with Crippen LogP contribution in [-0.4, -0.2) is 37.5 Å². The average Bonchev–Trinajstić information content (AvgIpc) is 2.36. The predicted molar refractivity (Wildman–Crippen MR) is 70.1 cm³/mol. The summed E-state index contributed by atoms with van der Waals surface area (Å²) in [4.78, 5) is 0. The van der Waals surface area contributed by atoms with E-state index in [0.29, 0.717) is 19.6 Å². The molecule has 0 heterocycles. The van der Waals surface area contributed by atoms with E-state index in [9.17, 15) is 9.50 Å². The quantitative estimate of drug-likeness (QED) is 0.743. The second kappa shape index (κ2) is 8.19. The molecule has 1 rings (SSSR count). The van der Waals surface area contributed by atoms with Crippen LogP contribution >= 0.6 is 0 Å². The number of halogens is 1. The van der Waals surface area contributed by atoms with E-state index >= 15 is 0 Å². The Balaban J connectivity index is 2.25. The molecule has 0 radical (unpaired) electrons. The molecule has 2 N–H and O–H groups in total. The minimum absolute atomic E-state index is 0.149. The monoisotopic (exact) mass is 255 g/mol. The molecule has 0 aromatic heterocycles. The molecular formula is C14H22FNO2. The summed E-state index contributed by atoms with van der Waals surface area (Å²) in [6.07, 6.45) is 1.04. The Morgan fingerprint density at radius 3 is 2.78 bits per heavy atom. The molecule has 2 atom stereocenters. The maximum absolute atomic E-state index is 13.4. The molecule has 102 valence electrons. The van der Waals surface area contributed by atoms with Crippen LogP contribution in [0.1, 0.15) is 18.9 Å². The molecule has 0 saturated heterocycles. The third-order valence-corrected chi connectivity index (χ3v) is 2.87. The maximum atomic E-state index is 13.4. The van der Waals surface area contributed by atoms with E-state index in [1.54, 1.807) is 13.2 Å². The van der Waals surface area contributed by atoms with Gasteiger partial charge in [0, 0.05) is 19.7 Å². The molecule has 0 aliphatic rings. The van der Waals surface area contributed by atoms with Crippen LogP contribution in [0.2, 0.25) is 0 Å². The van der Waals surface area contributed by atoms with Gasteiger partial charge in [0.1, 0.15) is 5.82 Å². The number of nitrogens with one attached hydrogen (secondary N) is 1. The number of ether oxygens (including phenoxy) is 1. The molecular weight excluding hydrogens is 233 g/mol. The first-order valence-electron chi connectivity index (χ1n) is 6.27. The van der Waals surface area contributed by atoms with Gasteiger partial charge in [-0.1, -0.05) is 18.2 Å². The fraction of sp³-hybridized carbons (Fsp3) is 0.571. The third kappa shape index (κ3) is 5.58. The Kier molecular flexibility index (Phi) is 6.86. The van der Waals surface area contributed by atoms with Crippen LogP contribution in [0.4, 0.5) is 4.39 Å². The van der Waals surface area contributed by atoms with Gasteiger partial charge in [-0.15, -0.1) is 0 Å². The smallest absolute Gasteiger partial charge is 0.126 e. The maximum Gasteiger partial charge on any atom is 0.126 e. The number of hydrogen-bond donors (Lipinski definition) is 2. The molecule has 0 fully saturated rings. The van der Waals surface area contributed by atoms with Gasteiger partial charge in [-0.3, -0.25) is 0 Å². The van der Waals surface area contributed by atoms with Gasteiger partial charge in [-0.25, -0.2) is 4.39 Å². The lowest BCUT2D eigenvalue weighted by molar-refractivity contribution is 0.0629. The summed E-state index contributed by atoms with van der Waals surface area (Å²) < 4.78 is 18.2. The summed E-state index contributed by atoms with van der Waals surface area (Å²) in [6, 6.07) is 7.06. The lowest BCUT2D eigenvalue weighted by atomic mass is 10.1. The normalized spacial score (nSPS) is 14.4. The van der Waals surface area contributed by atoms with Gasteiger partial charge in [0.05, 0.1) is 12.7 Å². The Morgan fingerprint density at radius 2 is 2.11 bits per heavy atom. The fourth-order valence-electron chi connectivity index (χ4n) is 1.76. The molecule has 0 bridgehead atoms. The summed E-state index contributed by atoms with van der Waals surface area (Å²) in [5.74, 6) is -0.149. The number of benzene rings is 1. The molecule has 0 saturated carbocycles. The zero-order valence-corrected chi connectivity index (χ0v) is 11.0. The Hall–Kier alpha value is -0.970. The second-order valence-electron chi connectivity index (χ2n) is 4.55. The van der Waals surface area contributed by atoms with Crippen LogP contribution in [0, 0.1) is 5.82 Å². The van der Waals surface area contributed by atoms with Gasteiger partial charge < -0.3 is 15.2 Å². The summed E-state index contributed by atoms with van der Waals surface area (Å²) in [6.45, 7) is 2.85. The van der Waals surface area contributed by atoms with Gasteiger partial charge >= 0.3 is 0 Å². The largest absolute Gasteiger partial charge is 0.389 e. The van der Waals surface area contributed by atoms with E-state index in [4.69, 9.17) is 4.74 Å². The van der Waals surface area contributed by atoms with E-state index in [1.165, 1.54) is 6.07 Å². The van der Waals surface area contributed by atoms with Crippen LogP contribution in [0.15, 0.2) is 24.3 Å². The summed E-state index contributed by atoms with van der Waals surface area (Å²) >= 11 is 0. The molecule has 0 spiro atoms. The number of rotatable bonds is 8. The van der Waals surface area contributed by atoms with Gasteiger partial charge in [0.2, 0.25) is 0 Å². The molecule has 2 unspecified atom stereocenters. The van der Waals surface area contributed by atoms with Crippen molar-refractivity contribution in [2.75, 3.05) is 20.3 Å². The Labute approximate surface area is 108 Å². The minimum Gasteiger partial charge on any atom is -0.389 e. The molecule has 3 nitrogen and oxygen atoms in total. The molecule has 1 aromatic carbocycles. The van der Waals surface area contributed by atoms with E-state index in [-0.39, 0.29) is 11.9 Å². The van der Waals surface area contributed by atoms with Crippen molar-refractivity contribution in [1.82, 2.24) is 5.32 Å². The predicted octanol–water partition coefficient (Wildman–Crippen LogP) is 1.74. The highest BCUT2D eigenvalue weighted by molar-refractivity contribution is 5.17. The SMILES string of the molecule is COCC(O)CNC(C)CCc1ccccc1F. The Bertz CT molecular complexity index is 346. The number of aryl methyl sites for hydroxylation is 1. The zero-order chi connectivity index (χ0) is 13.4. The lowest BCUT2D eigenvalue weighted by Crippen LogP contribution is -2.36. The van der Waals surface area contributed by atoms with Gasteiger partial charge in [-0.2, -0.15) is 0 Å². The van der Waals surface area contributed by atoms with Crippen molar-refractivity contribution in [3.05, 3.63) is 35.6 Å². The average molecular weight is 255 g/mol. The van der Waals surface area contributed by atoms with Crippen molar-refractivity contribution in [3.63, 3.8) is 0 Å². The van der Waals surface area contributed by atoms with Crippen molar-refractivity contribution < 1.29 is 14.2 Å². The highest BCUT2D eigenvalue weighted by Crippen LogP contribution is 2.10. The highest BCUT2D eigenvalue weighted by atomic mass is 19.1. The van der Waals surface area contributed by atoms with Crippen LogP contribution in [0.3, 0.4) is 0 Å². The molecule has 1 aromatic rings. The standard InChI is InChI=1S/C14H22FNO2/c1-11(16-9-13(17)10-18-2)7-8-12-5-3-4-6-14(12)15/h3-6,11,13,16-17H,7-10H2,1-2H3. The van der Waals surface area contributed by atoms with Gasteiger partial charge in [0.15, 0.2) is 0 Å². The van der Waals surface area contributed by atoms with E-state index in [1.807, 2.05) is 19.1 Å². The number of aliphatic hydroxyl groups is 1. The first-order valence-corrected chi connectivity index (χ1v) is 6.27. The second-order valence-corrected chi connectivity index (χ2v) is 4.55. The first kappa shape index (κ1) is 15.1. The first-order chi connectivity index (χ1) is 8.63. The highest BCUT2D eigenvalue weighted by Gasteiger charge is 2.08. The van der Waals surface area contributed by atoms with Crippen LogP contribution < -0.4 is 5.32 Å². The molecule has 18 heavy (non-hydrogen) atoms. The van der Waals surface area contributed by atoms with Crippen molar-refractivity contribution in [2.45, 2.75) is 31.9 Å². The van der Waals surface area contributed by atoms with Crippen molar-refractivity contribution in [3.8, 4) is 0 Å². The summed E-state index contributed by atoms with van der Waals surface area (Å²) in [7, 11) is 1.56. The fourth-order valence-corrected chi connectivity index (χ4v) is 1.76. The third-order valence-electron chi connectivity index (χ3n) is 2.87. The number of aliphatic hydroxyl groups excluding tert-OH is 1. The van der Waals surface area contributed by atoms with E-state index in [2.05, 4.69) is 5.32 Å². The van der Waals surface area contributed by atoms with E-state index < -0.39 is 6.10 Å². The zero-order valence-electron chi connectivity index (χ0n) is 11.0. The molecule has 0 aliphatic heterocycles. The van der Waals surface area contributed by atoms with Crippen molar-refractivity contribution in [2.24, 2.45) is 0 Å². The molecule has 0 amide bonds.